The van der Waals surface area contributed by atoms with Crippen molar-refractivity contribution in [1.29, 1.82) is 0 Å². The highest BCUT2D eigenvalue weighted by Crippen LogP contribution is 2.27. The smallest absolute Gasteiger partial charge is 0.308 e. The molecule has 0 saturated carbocycles. The van der Waals surface area contributed by atoms with Gasteiger partial charge in [0.1, 0.15) is 0 Å². The first-order valence-electron chi connectivity index (χ1n) is 7.55. The van der Waals surface area contributed by atoms with Crippen LogP contribution in [0.1, 0.15) is 34.9 Å². The van der Waals surface area contributed by atoms with Crippen molar-refractivity contribution in [1.82, 2.24) is 10.3 Å². The number of carboxylic acids is 1. The first-order valence-corrected chi connectivity index (χ1v) is 9.41. The standard InChI is InChI=1S/C17H20N2O3S2/c1-10(17(21)22)11(2)18-16(20)14-6-4-5-7-15(14)24-9-13-8-23-12(3)19-13/h4-8,10-11H,9H2,1-3H3,(H,18,20)(H,21,22). The maximum Gasteiger partial charge on any atom is 0.308 e. The molecule has 7 heteroatoms. The average Bonchev–Trinajstić information content (AvgIpc) is 2.97. The Morgan fingerprint density at radius 1 is 1.33 bits per heavy atom. The summed E-state index contributed by atoms with van der Waals surface area (Å²) in [4.78, 5) is 28.8. The van der Waals surface area contributed by atoms with Crippen molar-refractivity contribution in [3.05, 3.63) is 45.9 Å². The van der Waals surface area contributed by atoms with Crippen molar-refractivity contribution in [2.75, 3.05) is 0 Å². The Morgan fingerprint density at radius 2 is 2.04 bits per heavy atom. The number of rotatable bonds is 7. The van der Waals surface area contributed by atoms with E-state index in [1.165, 1.54) is 0 Å². The highest BCUT2D eigenvalue weighted by molar-refractivity contribution is 7.98. The summed E-state index contributed by atoms with van der Waals surface area (Å²) in [5.74, 6) is -1.14. The van der Waals surface area contributed by atoms with Crippen molar-refractivity contribution >= 4 is 35.0 Å². The van der Waals surface area contributed by atoms with Crippen LogP contribution in [0.15, 0.2) is 34.5 Å². The zero-order valence-corrected chi connectivity index (χ0v) is 15.4. The highest BCUT2D eigenvalue weighted by atomic mass is 32.2. The van der Waals surface area contributed by atoms with E-state index in [9.17, 15) is 9.59 Å². The second kappa shape index (κ2) is 8.30. The lowest BCUT2D eigenvalue weighted by atomic mass is 10.0. The Kier molecular flexibility index (Phi) is 6.39. The SMILES string of the molecule is Cc1nc(CSc2ccccc2C(=O)NC(C)C(C)C(=O)O)cs1. The van der Waals surface area contributed by atoms with E-state index in [-0.39, 0.29) is 5.91 Å². The summed E-state index contributed by atoms with van der Waals surface area (Å²) in [6, 6.07) is 6.88. The van der Waals surface area contributed by atoms with Crippen LogP contribution in [0.2, 0.25) is 0 Å². The average molecular weight is 364 g/mol. The summed E-state index contributed by atoms with van der Waals surface area (Å²) in [6.45, 7) is 5.24. The van der Waals surface area contributed by atoms with E-state index in [0.29, 0.717) is 11.3 Å². The summed E-state index contributed by atoms with van der Waals surface area (Å²) < 4.78 is 0. The molecule has 2 rings (SSSR count). The van der Waals surface area contributed by atoms with E-state index in [4.69, 9.17) is 5.11 Å². The fourth-order valence-corrected chi connectivity index (χ4v) is 3.69. The molecule has 2 atom stereocenters. The minimum Gasteiger partial charge on any atom is -0.481 e. The zero-order chi connectivity index (χ0) is 17.7. The van der Waals surface area contributed by atoms with Gasteiger partial charge in [-0.15, -0.1) is 23.1 Å². The third-order valence-corrected chi connectivity index (χ3v) is 5.60. The monoisotopic (exact) mass is 364 g/mol. The second-order valence-electron chi connectivity index (χ2n) is 5.53. The van der Waals surface area contributed by atoms with Gasteiger partial charge in [-0.05, 0) is 32.9 Å². The van der Waals surface area contributed by atoms with E-state index >= 15 is 0 Å². The molecule has 1 aromatic heterocycles. The minimum absolute atomic E-state index is 0.256. The first-order chi connectivity index (χ1) is 11.4. The van der Waals surface area contributed by atoms with Crippen molar-refractivity contribution < 1.29 is 14.7 Å². The molecule has 0 aliphatic carbocycles. The number of carbonyl (C=O) groups is 2. The number of hydrogen-bond acceptors (Lipinski definition) is 5. The lowest BCUT2D eigenvalue weighted by Gasteiger charge is -2.18. The van der Waals surface area contributed by atoms with Crippen LogP contribution in [0.25, 0.3) is 0 Å². The van der Waals surface area contributed by atoms with Crippen LogP contribution in [-0.2, 0) is 10.5 Å². The van der Waals surface area contributed by atoms with Gasteiger partial charge in [0, 0.05) is 22.1 Å². The van der Waals surface area contributed by atoms with Crippen molar-refractivity contribution in [3.8, 4) is 0 Å². The van der Waals surface area contributed by atoms with Gasteiger partial charge in [0.25, 0.3) is 5.91 Å². The predicted octanol–water partition coefficient (Wildman–Crippen LogP) is 3.58. The number of nitrogens with zero attached hydrogens (tertiary/aromatic N) is 1. The summed E-state index contributed by atoms with van der Waals surface area (Å²) in [5, 5.41) is 14.9. The molecule has 0 spiro atoms. The number of thiazole rings is 1. The number of benzene rings is 1. The van der Waals surface area contributed by atoms with Gasteiger partial charge < -0.3 is 10.4 Å². The molecular weight excluding hydrogens is 344 g/mol. The molecular formula is C17H20N2O3S2. The molecule has 24 heavy (non-hydrogen) atoms. The van der Waals surface area contributed by atoms with Crippen molar-refractivity contribution in [3.63, 3.8) is 0 Å². The van der Waals surface area contributed by atoms with Crippen molar-refractivity contribution in [2.45, 2.75) is 37.5 Å². The van der Waals surface area contributed by atoms with E-state index in [0.717, 1.165) is 15.6 Å². The molecule has 2 unspecified atom stereocenters. The second-order valence-corrected chi connectivity index (χ2v) is 7.61. The quantitative estimate of drug-likeness (QED) is 0.734. The van der Waals surface area contributed by atoms with Gasteiger partial charge in [0.2, 0.25) is 0 Å². The molecule has 2 aromatic rings. The molecule has 0 radical (unpaired) electrons. The Balaban J connectivity index is 2.07. The third-order valence-electron chi connectivity index (χ3n) is 3.67. The number of amides is 1. The minimum atomic E-state index is -0.927. The summed E-state index contributed by atoms with van der Waals surface area (Å²) in [7, 11) is 0. The third kappa shape index (κ3) is 4.82. The fraction of sp³-hybridized carbons (Fsp3) is 0.353. The largest absolute Gasteiger partial charge is 0.481 e. The van der Waals surface area contributed by atoms with E-state index in [1.54, 1.807) is 49.1 Å². The molecule has 2 N–H and O–H groups in total. The van der Waals surface area contributed by atoms with E-state index in [2.05, 4.69) is 10.3 Å². The molecule has 0 saturated heterocycles. The molecule has 1 amide bonds. The zero-order valence-electron chi connectivity index (χ0n) is 13.8. The molecule has 0 aliphatic rings. The normalized spacial score (nSPS) is 13.3. The number of hydrogen-bond donors (Lipinski definition) is 2. The van der Waals surface area contributed by atoms with Gasteiger partial charge in [0.15, 0.2) is 0 Å². The van der Waals surface area contributed by atoms with Crippen LogP contribution < -0.4 is 5.32 Å². The summed E-state index contributed by atoms with van der Waals surface area (Å²) in [5.41, 5.74) is 1.55. The van der Waals surface area contributed by atoms with Crippen LogP contribution in [0.5, 0.6) is 0 Å². The van der Waals surface area contributed by atoms with Crippen LogP contribution in [0.3, 0.4) is 0 Å². The molecule has 1 heterocycles. The molecule has 128 valence electrons. The van der Waals surface area contributed by atoms with Gasteiger partial charge in [-0.2, -0.15) is 0 Å². The van der Waals surface area contributed by atoms with Gasteiger partial charge in [-0.25, -0.2) is 4.98 Å². The number of carboxylic acid groups (broad SMARTS) is 1. The maximum atomic E-state index is 12.5. The van der Waals surface area contributed by atoms with Crippen LogP contribution >= 0.6 is 23.1 Å². The molecule has 5 nitrogen and oxygen atoms in total. The summed E-state index contributed by atoms with van der Waals surface area (Å²) in [6.07, 6.45) is 0. The molecule has 1 aromatic carbocycles. The first kappa shape index (κ1) is 18.5. The Labute approximate surface area is 149 Å². The predicted molar refractivity (Wildman–Crippen MR) is 96.6 cm³/mol. The summed E-state index contributed by atoms with van der Waals surface area (Å²) >= 11 is 3.16. The lowest BCUT2D eigenvalue weighted by molar-refractivity contribution is -0.141. The van der Waals surface area contributed by atoms with Gasteiger partial charge in [0.05, 0.1) is 22.2 Å². The van der Waals surface area contributed by atoms with Gasteiger partial charge in [-0.1, -0.05) is 12.1 Å². The van der Waals surface area contributed by atoms with Crippen molar-refractivity contribution in [2.24, 2.45) is 5.92 Å². The lowest BCUT2D eigenvalue weighted by Crippen LogP contribution is -2.40. The molecule has 0 aliphatic heterocycles. The number of nitrogens with one attached hydrogen (secondary N) is 1. The van der Waals surface area contributed by atoms with Crippen LogP contribution in [-0.4, -0.2) is 28.0 Å². The molecule has 0 bridgehead atoms. The van der Waals surface area contributed by atoms with Crippen LogP contribution in [0.4, 0.5) is 0 Å². The fourth-order valence-electron chi connectivity index (χ4n) is 2.03. The number of aromatic nitrogens is 1. The number of aliphatic carboxylic acids is 1. The Morgan fingerprint density at radius 3 is 2.67 bits per heavy atom. The number of aryl methyl sites for hydroxylation is 1. The maximum absolute atomic E-state index is 12.5. The topological polar surface area (TPSA) is 79.3 Å². The number of thioether (sulfide) groups is 1. The number of carbonyl (C=O) groups excluding carboxylic acids is 1. The van der Waals surface area contributed by atoms with Crippen LogP contribution in [0, 0.1) is 12.8 Å². The Hall–Kier alpha value is -1.86. The van der Waals surface area contributed by atoms with Gasteiger partial charge in [-0.3, -0.25) is 9.59 Å². The molecule has 0 fully saturated rings. The van der Waals surface area contributed by atoms with E-state index in [1.807, 2.05) is 24.4 Å². The van der Waals surface area contributed by atoms with E-state index < -0.39 is 17.9 Å². The highest BCUT2D eigenvalue weighted by Gasteiger charge is 2.22. The Bertz CT molecular complexity index is 730. The van der Waals surface area contributed by atoms with Gasteiger partial charge >= 0.3 is 5.97 Å².